The molecule has 26 heavy (non-hydrogen) atoms. The smallest absolute Gasteiger partial charge is 0.282 e. The first-order chi connectivity index (χ1) is 12.5. The number of carbonyl (C=O) groups is 1. The first-order valence-electron chi connectivity index (χ1n) is 7.81. The average molecular weight is 404 g/mol. The molecule has 1 amide bonds. The highest BCUT2D eigenvalue weighted by molar-refractivity contribution is 7.15. The van der Waals surface area contributed by atoms with Crippen LogP contribution in [-0.2, 0) is 6.54 Å². The molecule has 0 bridgehead atoms. The summed E-state index contributed by atoms with van der Waals surface area (Å²) in [6.07, 6.45) is 1.76. The van der Waals surface area contributed by atoms with E-state index >= 15 is 0 Å². The van der Waals surface area contributed by atoms with E-state index in [0.29, 0.717) is 21.6 Å². The highest BCUT2D eigenvalue weighted by Gasteiger charge is 2.14. The van der Waals surface area contributed by atoms with Crippen molar-refractivity contribution in [2.24, 2.45) is 0 Å². The van der Waals surface area contributed by atoms with Gasteiger partial charge in [0.25, 0.3) is 5.91 Å². The summed E-state index contributed by atoms with van der Waals surface area (Å²) < 4.78 is 0. The standard InChI is InChI=1S/C19H15Cl2N3OS/c1-12-2-4-14(5-3-12)11-22-17(25)19-24-23-18(26-19)16(21)10-13-6-8-15(20)9-7-13/h2-10H,11H2,1H3,(H,22,25)/b16-10-. The molecule has 0 atom stereocenters. The number of hydrogen-bond donors (Lipinski definition) is 1. The van der Waals surface area contributed by atoms with Crippen LogP contribution in [0.2, 0.25) is 5.02 Å². The van der Waals surface area contributed by atoms with Gasteiger partial charge in [0.2, 0.25) is 5.01 Å². The third kappa shape index (κ3) is 4.91. The fourth-order valence-corrected chi connectivity index (χ4v) is 3.22. The number of rotatable bonds is 5. The van der Waals surface area contributed by atoms with Gasteiger partial charge in [0.1, 0.15) is 0 Å². The van der Waals surface area contributed by atoms with Crippen molar-refractivity contribution in [1.29, 1.82) is 0 Å². The maximum atomic E-state index is 12.2. The highest BCUT2D eigenvalue weighted by atomic mass is 35.5. The molecule has 1 N–H and O–H groups in total. The summed E-state index contributed by atoms with van der Waals surface area (Å²) in [6, 6.07) is 15.2. The topological polar surface area (TPSA) is 54.9 Å². The van der Waals surface area contributed by atoms with Crippen LogP contribution in [0, 0.1) is 6.92 Å². The summed E-state index contributed by atoms with van der Waals surface area (Å²) in [7, 11) is 0. The van der Waals surface area contributed by atoms with E-state index in [1.54, 1.807) is 18.2 Å². The fraction of sp³-hybridized carbons (Fsp3) is 0.105. The molecule has 1 aromatic heterocycles. The Morgan fingerprint density at radius 2 is 1.73 bits per heavy atom. The molecule has 0 aliphatic rings. The lowest BCUT2D eigenvalue weighted by Crippen LogP contribution is -2.22. The van der Waals surface area contributed by atoms with Gasteiger partial charge in [-0.2, -0.15) is 0 Å². The summed E-state index contributed by atoms with van der Waals surface area (Å²) in [5, 5.41) is 12.6. The van der Waals surface area contributed by atoms with Gasteiger partial charge in [-0.3, -0.25) is 4.79 Å². The summed E-state index contributed by atoms with van der Waals surface area (Å²) in [4.78, 5) is 12.2. The van der Waals surface area contributed by atoms with E-state index in [0.717, 1.165) is 22.5 Å². The van der Waals surface area contributed by atoms with E-state index in [2.05, 4.69) is 15.5 Å². The summed E-state index contributed by atoms with van der Waals surface area (Å²) in [6.45, 7) is 2.45. The average Bonchev–Trinajstić information content (AvgIpc) is 3.13. The van der Waals surface area contributed by atoms with Crippen LogP contribution in [0.5, 0.6) is 0 Å². The first-order valence-corrected chi connectivity index (χ1v) is 9.39. The van der Waals surface area contributed by atoms with Crippen molar-refractivity contribution < 1.29 is 4.79 Å². The Balaban J connectivity index is 1.65. The molecule has 0 spiro atoms. The largest absolute Gasteiger partial charge is 0.346 e. The quantitative estimate of drug-likeness (QED) is 0.639. The van der Waals surface area contributed by atoms with Gasteiger partial charge < -0.3 is 5.32 Å². The number of halogens is 2. The molecule has 0 fully saturated rings. The van der Waals surface area contributed by atoms with Gasteiger partial charge in [-0.1, -0.05) is 76.5 Å². The molecule has 0 saturated carbocycles. The maximum absolute atomic E-state index is 12.2. The Labute approximate surface area is 165 Å². The van der Waals surface area contributed by atoms with Crippen LogP contribution in [0.15, 0.2) is 48.5 Å². The van der Waals surface area contributed by atoms with Crippen LogP contribution < -0.4 is 5.32 Å². The molecule has 0 unspecified atom stereocenters. The Morgan fingerprint density at radius 3 is 2.42 bits per heavy atom. The maximum Gasteiger partial charge on any atom is 0.282 e. The summed E-state index contributed by atoms with van der Waals surface area (Å²) >= 11 is 13.3. The second-order valence-corrected chi connectivity index (χ2v) is 7.45. The van der Waals surface area contributed by atoms with E-state index < -0.39 is 0 Å². The molecular weight excluding hydrogens is 389 g/mol. The van der Waals surface area contributed by atoms with Crippen LogP contribution in [0.1, 0.15) is 31.5 Å². The lowest BCUT2D eigenvalue weighted by molar-refractivity contribution is 0.0950. The van der Waals surface area contributed by atoms with Gasteiger partial charge in [0.15, 0.2) is 5.01 Å². The molecule has 2 aromatic carbocycles. The van der Waals surface area contributed by atoms with E-state index in [-0.39, 0.29) is 10.9 Å². The van der Waals surface area contributed by atoms with Crippen molar-refractivity contribution >= 4 is 51.6 Å². The molecule has 0 saturated heterocycles. The minimum Gasteiger partial charge on any atom is -0.346 e. The number of carbonyl (C=O) groups excluding carboxylic acids is 1. The molecule has 3 rings (SSSR count). The number of hydrogen-bond acceptors (Lipinski definition) is 4. The number of aromatic nitrogens is 2. The SMILES string of the molecule is Cc1ccc(CNC(=O)c2nnc(/C(Cl)=C/c3ccc(Cl)cc3)s2)cc1. The number of benzene rings is 2. The second-order valence-electron chi connectivity index (χ2n) is 5.62. The molecule has 7 heteroatoms. The van der Waals surface area contributed by atoms with Gasteiger partial charge >= 0.3 is 0 Å². The van der Waals surface area contributed by atoms with E-state index in [1.165, 1.54) is 5.56 Å². The Kier molecular flexibility index (Phi) is 6.04. The van der Waals surface area contributed by atoms with Crippen LogP contribution in [0.3, 0.4) is 0 Å². The zero-order chi connectivity index (χ0) is 18.5. The summed E-state index contributed by atoms with van der Waals surface area (Å²) in [5.41, 5.74) is 3.09. The van der Waals surface area contributed by atoms with Gasteiger partial charge in [0.05, 0.1) is 5.03 Å². The van der Waals surface area contributed by atoms with Gasteiger partial charge in [-0.05, 0) is 36.3 Å². The molecular formula is C19H15Cl2N3OS. The van der Waals surface area contributed by atoms with E-state index in [4.69, 9.17) is 23.2 Å². The molecule has 3 aromatic rings. The minimum absolute atomic E-state index is 0.273. The van der Waals surface area contributed by atoms with Crippen LogP contribution >= 0.6 is 34.5 Å². The van der Waals surface area contributed by atoms with Crippen molar-refractivity contribution in [3.63, 3.8) is 0 Å². The highest BCUT2D eigenvalue weighted by Crippen LogP contribution is 2.25. The molecule has 0 aliphatic carbocycles. The zero-order valence-corrected chi connectivity index (χ0v) is 16.2. The molecule has 0 radical (unpaired) electrons. The number of nitrogens with one attached hydrogen (secondary N) is 1. The van der Waals surface area contributed by atoms with Gasteiger partial charge in [-0.15, -0.1) is 10.2 Å². The van der Waals surface area contributed by atoms with E-state index in [1.807, 2.05) is 43.3 Å². The van der Waals surface area contributed by atoms with Crippen LogP contribution in [0.4, 0.5) is 0 Å². The third-order valence-electron chi connectivity index (χ3n) is 3.56. The van der Waals surface area contributed by atoms with Gasteiger partial charge in [0, 0.05) is 11.6 Å². The zero-order valence-electron chi connectivity index (χ0n) is 13.9. The Hall–Kier alpha value is -2.21. The fourth-order valence-electron chi connectivity index (χ4n) is 2.14. The number of aryl methyl sites for hydroxylation is 1. The molecule has 0 aliphatic heterocycles. The van der Waals surface area contributed by atoms with Gasteiger partial charge in [-0.25, -0.2) is 0 Å². The van der Waals surface area contributed by atoms with Crippen molar-refractivity contribution in [3.8, 4) is 0 Å². The lowest BCUT2D eigenvalue weighted by atomic mass is 10.1. The van der Waals surface area contributed by atoms with Crippen LogP contribution in [0.25, 0.3) is 11.1 Å². The summed E-state index contributed by atoms with van der Waals surface area (Å²) in [5.74, 6) is -0.273. The van der Waals surface area contributed by atoms with E-state index in [9.17, 15) is 4.79 Å². The molecule has 1 heterocycles. The Morgan fingerprint density at radius 1 is 1.08 bits per heavy atom. The minimum atomic E-state index is -0.273. The molecule has 132 valence electrons. The van der Waals surface area contributed by atoms with Crippen molar-refractivity contribution in [1.82, 2.24) is 15.5 Å². The van der Waals surface area contributed by atoms with Crippen molar-refractivity contribution in [3.05, 3.63) is 80.3 Å². The second kappa shape index (κ2) is 8.45. The predicted molar refractivity (Wildman–Crippen MR) is 107 cm³/mol. The van der Waals surface area contributed by atoms with Crippen LogP contribution in [-0.4, -0.2) is 16.1 Å². The molecule has 4 nitrogen and oxygen atoms in total. The number of amides is 1. The Bertz CT molecular complexity index is 934. The van der Waals surface area contributed by atoms with Crippen molar-refractivity contribution in [2.75, 3.05) is 0 Å². The van der Waals surface area contributed by atoms with Crippen molar-refractivity contribution in [2.45, 2.75) is 13.5 Å². The third-order valence-corrected chi connectivity index (χ3v) is 5.17. The first kappa shape index (κ1) is 18.6. The lowest BCUT2D eigenvalue weighted by Gasteiger charge is -2.03. The monoisotopic (exact) mass is 403 g/mol. The number of nitrogens with zero attached hydrogens (tertiary/aromatic N) is 2. The predicted octanol–water partition coefficient (Wildman–Crippen LogP) is 5.17. The normalized spacial score (nSPS) is 11.4.